The highest BCUT2D eigenvalue weighted by molar-refractivity contribution is 7.99. The van der Waals surface area contributed by atoms with Gasteiger partial charge in [-0.1, -0.05) is 71.9 Å². The summed E-state index contributed by atoms with van der Waals surface area (Å²) in [5.74, 6) is 1.08. The molecule has 0 aliphatic carbocycles. The molecule has 0 radical (unpaired) electrons. The molecule has 0 atom stereocenters. The number of halogens is 1. The first-order valence-corrected chi connectivity index (χ1v) is 11.3. The molecule has 1 amide bonds. The number of anilines is 1. The van der Waals surface area contributed by atoms with Gasteiger partial charge in [0, 0.05) is 28.5 Å². The molecular weight excluding hydrogens is 428 g/mol. The molecule has 1 aliphatic rings. The molecule has 0 saturated heterocycles. The maximum atomic E-state index is 13.0. The molecule has 0 spiro atoms. The first-order chi connectivity index (χ1) is 15.2. The van der Waals surface area contributed by atoms with Gasteiger partial charge < -0.3 is 4.90 Å². The Kier molecular flexibility index (Phi) is 5.49. The van der Waals surface area contributed by atoms with Crippen molar-refractivity contribution in [2.45, 2.75) is 11.6 Å². The summed E-state index contributed by atoms with van der Waals surface area (Å²) in [4.78, 5) is 14.8. The van der Waals surface area contributed by atoms with Crippen LogP contribution in [0.25, 0.3) is 17.1 Å². The highest BCUT2D eigenvalue weighted by atomic mass is 35.5. The van der Waals surface area contributed by atoms with Gasteiger partial charge in [-0.15, -0.1) is 10.2 Å². The van der Waals surface area contributed by atoms with Gasteiger partial charge in [-0.25, -0.2) is 0 Å². The van der Waals surface area contributed by atoms with Crippen molar-refractivity contribution in [3.63, 3.8) is 0 Å². The highest BCUT2D eigenvalue weighted by Gasteiger charge is 2.25. The maximum absolute atomic E-state index is 13.0. The Morgan fingerprint density at radius 2 is 1.68 bits per heavy atom. The van der Waals surface area contributed by atoms with E-state index in [2.05, 4.69) is 16.3 Å². The van der Waals surface area contributed by atoms with E-state index in [1.54, 1.807) is 0 Å². The van der Waals surface area contributed by atoms with Crippen molar-refractivity contribution >= 4 is 35.0 Å². The Labute approximate surface area is 189 Å². The monoisotopic (exact) mass is 446 g/mol. The van der Waals surface area contributed by atoms with E-state index in [4.69, 9.17) is 11.6 Å². The van der Waals surface area contributed by atoms with Crippen LogP contribution in [0.4, 0.5) is 5.69 Å². The maximum Gasteiger partial charge on any atom is 0.237 e. The van der Waals surface area contributed by atoms with Gasteiger partial charge in [-0.2, -0.15) is 0 Å². The molecule has 1 aliphatic heterocycles. The number of aromatic nitrogens is 3. The van der Waals surface area contributed by atoms with E-state index in [9.17, 15) is 4.79 Å². The van der Waals surface area contributed by atoms with Gasteiger partial charge in [-0.3, -0.25) is 9.36 Å². The fourth-order valence-electron chi connectivity index (χ4n) is 3.76. The number of carbonyl (C=O) groups is 1. The Balaban J connectivity index is 1.44. The molecule has 31 heavy (non-hydrogen) atoms. The second kappa shape index (κ2) is 8.57. The van der Waals surface area contributed by atoms with Crippen LogP contribution >= 0.6 is 23.4 Å². The number of amides is 1. The van der Waals surface area contributed by atoms with E-state index in [-0.39, 0.29) is 11.7 Å². The predicted octanol–water partition coefficient (Wildman–Crippen LogP) is 5.27. The minimum absolute atomic E-state index is 0.0712. The summed E-state index contributed by atoms with van der Waals surface area (Å²) < 4.78 is 1.97. The number of benzene rings is 3. The van der Waals surface area contributed by atoms with Crippen LogP contribution in [-0.2, 0) is 11.2 Å². The average Bonchev–Trinajstić information content (AvgIpc) is 3.43. The zero-order valence-electron chi connectivity index (χ0n) is 16.6. The largest absolute Gasteiger partial charge is 0.311 e. The zero-order chi connectivity index (χ0) is 21.2. The number of thioether (sulfide) groups is 1. The van der Waals surface area contributed by atoms with Gasteiger partial charge in [0.15, 0.2) is 11.0 Å². The fourth-order valence-corrected chi connectivity index (χ4v) is 4.72. The third-order valence-corrected chi connectivity index (χ3v) is 6.43. The molecule has 0 bridgehead atoms. The van der Waals surface area contributed by atoms with Crippen LogP contribution in [0, 0.1) is 0 Å². The minimum atomic E-state index is 0.0712. The molecule has 3 aromatic carbocycles. The van der Waals surface area contributed by atoms with Crippen molar-refractivity contribution in [3.8, 4) is 17.1 Å². The summed E-state index contributed by atoms with van der Waals surface area (Å²) in [6.45, 7) is 0.720. The van der Waals surface area contributed by atoms with Crippen molar-refractivity contribution in [3.05, 3.63) is 89.4 Å². The number of rotatable bonds is 5. The molecule has 7 heteroatoms. The second-order valence-corrected chi connectivity index (χ2v) is 8.58. The van der Waals surface area contributed by atoms with Crippen LogP contribution in [0.5, 0.6) is 0 Å². The average molecular weight is 447 g/mol. The van der Waals surface area contributed by atoms with E-state index in [0.29, 0.717) is 10.2 Å². The molecule has 1 aromatic heterocycles. The molecule has 0 saturated carbocycles. The molecular formula is C24H19ClN4OS. The number of para-hydroxylation sites is 1. The molecule has 2 heterocycles. The number of hydrogen-bond donors (Lipinski definition) is 0. The quantitative estimate of drug-likeness (QED) is 0.392. The van der Waals surface area contributed by atoms with Crippen LogP contribution in [-0.4, -0.2) is 33.0 Å². The summed E-state index contributed by atoms with van der Waals surface area (Å²) >= 11 is 7.49. The van der Waals surface area contributed by atoms with Crippen molar-refractivity contribution in [2.24, 2.45) is 0 Å². The van der Waals surface area contributed by atoms with Gasteiger partial charge in [0.2, 0.25) is 5.91 Å². The van der Waals surface area contributed by atoms with E-state index < -0.39 is 0 Å². The molecule has 154 valence electrons. The number of fused-ring (bicyclic) bond motifs is 1. The van der Waals surface area contributed by atoms with Crippen molar-refractivity contribution in [1.29, 1.82) is 0 Å². The Bertz CT molecular complexity index is 1220. The van der Waals surface area contributed by atoms with Gasteiger partial charge in [0.1, 0.15) is 0 Å². The van der Waals surface area contributed by atoms with E-state index in [1.807, 2.05) is 82.3 Å². The summed E-state index contributed by atoms with van der Waals surface area (Å²) in [6, 6.07) is 25.5. The SMILES string of the molecule is O=C(CSc1nnc(-c2ccccc2)n1-c1ccc(Cl)cc1)N1CCc2ccccc21. The Morgan fingerprint density at radius 3 is 2.48 bits per heavy atom. The molecule has 5 nitrogen and oxygen atoms in total. The standard InChI is InChI=1S/C24H19ClN4OS/c25-19-10-12-20(13-11-19)29-23(18-7-2-1-3-8-18)26-27-24(29)31-16-22(30)28-15-14-17-6-4-5-9-21(17)28/h1-13H,14-16H2. The minimum Gasteiger partial charge on any atom is -0.311 e. The van der Waals surface area contributed by atoms with Crippen molar-refractivity contribution in [1.82, 2.24) is 14.8 Å². The van der Waals surface area contributed by atoms with Crippen LogP contribution in [0.3, 0.4) is 0 Å². The van der Waals surface area contributed by atoms with E-state index in [1.165, 1.54) is 17.3 Å². The summed E-state index contributed by atoms with van der Waals surface area (Å²) in [5, 5.41) is 10.2. The van der Waals surface area contributed by atoms with Crippen LogP contribution in [0.1, 0.15) is 5.56 Å². The van der Waals surface area contributed by atoms with Gasteiger partial charge in [0.05, 0.1) is 5.75 Å². The first kappa shape index (κ1) is 19.8. The van der Waals surface area contributed by atoms with Gasteiger partial charge in [0.25, 0.3) is 0 Å². The topological polar surface area (TPSA) is 51.0 Å². The third kappa shape index (κ3) is 3.96. The number of nitrogens with zero attached hydrogens (tertiary/aromatic N) is 4. The van der Waals surface area contributed by atoms with Crippen LogP contribution in [0.2, 0.25) is 5.02 Å². The molecule has 5 rings (SSSR count). The van der Waals surface area contributed by atoms with E-state index >= 15 is 0 Å². The Hall–Kier alpha value is -3.09. The lowest BCUT2D eigenvalue weighted by Gasteiger charge is -2.17. The molecule has 0 N–H and O–H groups in total. The smallest absolute Gasteiger partial charge is 0.237 e. The number of hydrogen-bond acceptors (Lipinski definition) is 4. The third-order valence-electron chi connectivity index (χ3n) is 5.26. The zero-order valence-corrected chi connectivity index (χ0v) is 18.2. The first-order valence-electron chi connectivity index (χ1n) is 9.98. The molecule has 0 unspecified atom stereocenters. The lowest BCUT2D eigenvalue weighted by Crippen LogP contribution is -2.30. The van der Waals surface area contributed by atoms with Crippen LogP contribution in [0.15, 0.2) is 84.0 Å². The highest BCUT2D eigenvalue weighted by Crippen LogP contribution is 2.31. The van der Waals surface area contributed by atoms with E-state index in [0.717, 1.165) is 35.7 Å². The lowest BCUT2D eigenvalue weighted by atomic mass is 10.2. The fraction of sp³-hybridized carbons (Fsp3) is 0.125. The summed E-state index contributed by atoms with van der Waals surface area (Å²) in [5.41, 5.74) is 4.08. The Morgan fingerprint density at radius 1 is 0.935 bits per heavy atom. The number of carbonyl (C=O) groups excluding carboxylic acids is 1. The van der Waals surface area contributed by atoms with Crippen molar-refractivity contribution < 1.29 is 4.79 Å². The van der Waals surface area contributed by atoms with Gasteiger partial charge in [-0.05, 0) is 42.3 Å². The van der Waals surface area contributed by atoms with Gasteiger partial charge >= 0.3 is 0 Å². The predicted molar refractivity (Wildman–Crippen MR) is 125 cm³/mol. The normalized spacial score (nSPS) is 12.7. The summed E-state index contributed by atoms with van der Waals surface area (Å²) in [7, 11) is 0. The lowest BCUT2D eigenvalue weighted by molar-refractivity contribution is -0.116. The second-order valence-electron chi connectivity index (χ2n) is 7.20. The van der Waals surface area contributed by atoms with Crippen LogP contribution < -0.4 is 4.90 Å². The molecule has 4 aromatic rings. The van der Waals surface area contributed by atoms with Crippen molar-refractivity contribution in [2.75, 3.05) is 17.2 Å². The summed E-state index contributed by atoms with van der Waals surface area (Å²) in [6.07, 6.45) is 0.895. The molecule has 0 fully saturated rings.